The van der Waals surface area contributed by atoms with E-state index in [1.807, 2.05) is 0 Å². The summed E-state index contributed by atoms with van der Waals surface area (Å²) in [7, 11) is 1.50. The lowest BCUT2D eigenvalue weighted by molar-refractivity contribution is 0.405. The molecule has 2 nitrogen and oxygen atoms in total. The molecule has 1 aliphatic heterocycles. The Morgan fingerprint density at radius 2 is 2.11 bits per heavy atom. The van der Waals surface area contributed by atoms with Crippen molar-refractivity contribution in [1.82, 2.24) is 5.32 Å². The van der Waals surface area contributed by atoms with E-state index in [-0.39, 0.29) is 0 Å². The van der Waals surface area contributed by atoms with Crippen molar-refractivity contribution < 1.29 is 0 Å². The van der Waals surface area contributed by atoms with Crippen LogP contribution in [0.25, 0.3) is 0 Å². The Balaban J connectivity index is 0.000000291. The van der Waals surface area contributed by atoms with Gasteiger partial charge in [-0.15, -0.1) is 0 Å². The van der Waals surface area contributed by atoms with Crippen molar-refractivity contribution in [2.24, 2.45) is 11.7 Å². The van der Waals surface area contributed by atoms with Gasteiger partial charge in [-0.3, -0.25) is 0 Å². The van der Waals surface area contributed by atoms with Crippen molar-refractivity contribution in [3.05, 3.63) is 0 Å². The maximum atomic E-state index is 4.50. The molecule has 1 atom stereocenters. The molecule has 1 rings (SSSR count). The highest BCUT2D eigenvalue weighted by Gasteiger charge is 2.04. The van der Waals surface area contributed by atoms with E-state index in [9.17, 15) is 0 Å². The van der Waals surface area contributed by atoms with E-state index in [1.54, 1.807) is 0 Å². The quantitative estimate of drug-likeness (QED) is 0.503. The average Bonchev–Trinajstić information content (AvgIpc) is 1.94. The molecule has 0 aliphatic carbocycles. The largest absolute Gasteiger partial charge is 0.333 e. The molecule has 9 heavy (non-hydrogen) atoms. The van der Waals surface area contributed by atoms with Gasteiger partial charge in [-0.05, 0) is 38.9 Å². The molecule has 1 heterocycles. The van der Waals surface area contributed by atoms with Crippen molar-refractivity contribution in [2.45, 2.75) is 19.8 Å². The zero-order valence-electron chi connectivity index (χ0n) is 6.48. The Morgan fingerprint density at radius 3 is 2.33 bits per heavy atom. The second kappa shape index (κ2) is 6.05. The monoisotopic (exact) mass is 130 g/mol. The summed E-state index contributed by atoms with van der Waals surface area (Å²) in [5.74, 6) is 0.925. The van der Waals surface area contributed by atoms with Crippen molar-refractivity contribution in [3.63, 3.8) is 0 Å². The highest BCUT2D eigenvalue weighted by atomic mass is 14.9. The second-order valence-electron chi connectivity index (χ2n) is 2.45. The fraction of sp³-hybridized carbons (Fsp3) is 1.00. The fourth-order valence-corrected chi connectivity index (χ4v) is 1.03. The lowest BCUT2D eigenvalue weighted by atomic mass is 10.0. The van der Waals surface area contributed by atoms with E-state index in [0.717, 1.165) is 5.92 Å². The topological polar surface area (TPSA) is 38.0 Å². The Kier molecular flexibility index (Phi) is 5.99. The molecule has 56 valence electrons. The van der Waals surface area contributed by atoms with Gasteiger partial charge in [0, 0.05) is 0 Å². The van der Waals surface area contributed by atoms with Gasteiger partial charge in [-0.2, -0.15) is 0 Å². The standard InChI is InChI=1S/C6H13N.CH5N/c1-6-3-2-4-7-5-6;1-2/h6-7H,2-5H2,1H3;2H2,1H3. The Bertz CT molecular complexity index is 48.9. The van der Waals surface area contributed by atoms with E-state index in [1.165, 1.54) is 33.0 Å². The zero-order chi connectivity index (χ0) is 7.11. The summed E-state index contributed by atoms with van der Waals surface area (Å²) >= 11 is 0. The molecule has 0 amide bonds. The molecular formula is C7H18N2. The van der Waals surface area contributed by atoms with Crippen LogP contribution in [0, 0.1) is 5.92 Å². The lowest BCUT2D eigenvalue weighted by Crippen LogP contribution is -2.27. The highest BCUT2D eigenvalue weighted by Crippen LogP contribution is 2.06. The van der Waals surface area contributed by atoms with Crippen LogP contribution in [0.5, 0.6) is 0 Å². The lowest BCUT2D eigenvalue weighted by Gasteiger charge is -2.17. The number of nitrogens with two attached hydrogens (primary N) is 1. The van der Waals surface area contributed by atoms with Gasteiger partial charge >= 0.3 is 0 Å². The molecule has 0 saturated carbocycles. The molecule has 1 saturated heterocycles. The van der Waals surface area contributed by atoms with E-state index in [0.29, 0.717) is 0 Å². The molecule has 1 unspecified atom stereocenters. The van der Waals surface area contributed by atoms with Crippen LogP contribution in [0.2, 0.25) is 0 Å². The maximum Gasteiger partial charge on any atom is -0.00231 e. The van der Waals surface area contributed by atoms with Crippen molar-refractivity contribution in [1.29, 1.82) is 0 Å². The Morgan fingerprint density at radius 1 is 1.44 bits per heavy atom. The summed E-state index contributed by atoms with van der Waals surface area (Å²) < 4.78 is 0. The molecular weight excluding hydrogens is 112 g/mol. The van der Waals surface area contributed by atoms with Crippen molar-refractivity contribution in [3.8, 4) is 0 Å². The summed E-state index contributed by atoms with van der Waals surface area (Å²) in [4.78, 5) is 0. The molecule has 0 aromatic rings. The van der Waals surface area contributed by atoms with Gasteiger partial charge in [0.05, 0.1) is 0 Å². The maximum absolute atomic E-state index is 4.50. The molecule has 0 spiro atoms. The number of hydrogen-bond acceptors (Lipinski definition) is 2. The second-order valence-corrected chi connectivity index (χ2v) is 2.45. The summed E-state index contributed by atoms with van der Waals surface area (Å²) in [6, 6.07) is 0. The van der Waals surface area contributed by atoms with E-state index in [4.69, 9.17) is 0 Å². The van der Waals surface area contributed by atoms with Crippen LogP contribution in [0.4, 0.5) is 0 Å². The molecule has 0 bridgehead atoms. The zero-order valence-corrected chi connectivity index (χ0v) is 6.48. The van der Waals surface area contributed by atoms with Gasteiger partial charge in [0.1, 0.15) is 0 Å². The van der Waals surface area contributed by atoms with Crippen LogP contribution < -0.4 is 11.1 Å². The first-order chi connectivity index (χ1) is 4.39. The first-order valence-electron chi connectivity index (χ1n) is 3.68. The molecule has 0 radical (unpaired) electrons. The third kappa shape index (κ3) is 4.43. The van der Waals surface area contributed by atoms with E-state index in [2.05, 4.69) is 18.0 Å². The van der Waals surface area contributed by atoms with Crippen LogP contribution in [0.1, 0.15) is 19.8 Å². The number of nitrogens with one attached hydrogen (secondary N) is 1. The van der Waals surface area contributed by atoms with E-state index < -0.39 is 0 Å². The molecule has 3 N–H and O–H groups in total. The summed E-state index contributed by atoms with van der Waals surface area (Å²) in [5, 5.41) is 3.33. The first kappa shape index (κ1) is 8.92. The van der Waals surface area contributed by atoms with Crippen molar-refractivity contribution in [2.75, 3.05) is 20.1 Å². The molecule has 2 heteroatoms. The fourth-order valence-electron chi connectivity index (χ4n) is 1.03. The Hall–Kier alpha value is -0.0800. The minimum atomic E-state index is 0.925. The van der Waals surface area contributed by atoms with Gasteiger partial charge in [-0.25, -0.2) is 0 Å². The molecule has 0 aromatic carbocycles. The van der Waals surface area contributed by atoms with Crippen molar-refractivity contribution >= 4 is 0 Å². The van der Waals surface area contributed by atoms with Gasteiger partial charge < -0.3 is 11.1 Å². The highest BCUT2D eigenvalue weighted by molar-refractivity contribution is 4.63. The predicted octanol–water partition coefficient (Wildman–Crippen LogP) is 0.581. The smallest absolute Gasteiger partial charge is 0.00231 e. The van der Waals surface area contributed by atoms with Gasteiger partial charge in [-0.1, -0.05) is 6.92 Å². The third-order valence-corrected chi connectivity index (χ3v) is 1.54. The van der Waals surface area contributed by atoms with Crippen LogP contribution >= 0.6 is 0 Å². The summed E-state index contributed by atoms with van der Waals surface area (Å²) in [5.41, 5.74) is 4.50. The van der Waals surface area contributed by atoms with Crippen LogP contribution in [-0.2, 0) is 0 Å². The number of rotatable bonds is 0. The van der Waals surface area contributed by atoms with Gasteiger partial charge in [0.25, 0.3) is 0 Å². The van der Waals surface area contributed by atoms with Crippen LogP contribution in [-0.4, -0.2) is 20.1 Å². The first-order valence-corrected chi connectivity index (χ1v) is 3.68. The number of piperidine rings is 1. The van der Waals surface area contributed by atoms with Gasteiger partial charge in [0.15, 0.2) is 0 Å². The summed E-state index contributed by atoms with van der Waals surface area (Å²) in [6.07, 6.45) is 2.80. The summed E-state index contributed by atoms with van der Waals surface area (Å²) in [6.45, 7) is 4.77. The number of hydrogen-bond donors (Lipinski definition) is 2. The van der Waals surface area contributed by atoms with Crippen LogP contribution in [0.3, 0.4) is 0 Å². The molecule has 1 fully saturated rings. The Labute approximate surface area is 57.8 Å². The third-order valence-electron chi connectivity index (χ3n) is 1.54. The van der Waals surface area contributed by atoms with Crippen LogP contribution in [0.15, 0.2) is 0 Å². The SMILES string of the molecule is CC1CCCNC1.CN. The van der Waals surface area contributed by atoms with Gasteiger partial charge in [0.2, 0.25) is 0 Å². The predicted molar refractivity (Wildman–Crippen MR) is 41.4 cm³/mol. The molecule has 1 aliphatic rings. The average molecular weight is 130 g/mol. The molecule has 0 aromatic heterocycles. The minimum absolute atomic E-state index is 0.925. The minimum Gasteiger partial charge on any atom is -0.333 e. The van der Waals surface area contributed by atoms with E-state index >= 15 is 0 Å². The normalized spacial score (nSPS) is 26.3.